The van der Waals surface area contributed by atoms with Gasteiger partial charge < -0.3 is 25.2 Å². The van der Waals surface area contributed by atoms with Gasteiger partial charge in [-0.05, 0) is 48.4 Å². The molecule has 0 saturated carbocycles. The number of unbranched alkanes of at least 4 members (excludes halogenated alkanes) is 1. The maximum Gasteiger partial charge on any atom is 0.408 e. The summed E-state index contributed by atoms with van der Waals surface area (Å²) in [6, 6.07) is 16.0. The third-order valence-corrected chi connectivity index (χ3v) is 5.90. The van der Waals surface area contributed by atoms with Gasteiger partial charge in [-0.25, -0.2) is 14.4 Å². The van der Waals surface area contributed by atoms with Crippen LogP contribution in [0.25, 0.3) is 11.1 Å². The van der Waals surface area contributed by atoms with Gasteiger partial charge in [-0.1, -0.05) is 61.2 Å². The molecule has 8 heteroatoms. The number of fused-ring (bicyclic) bond motifs is 3. The molecule has 0 bridgehead atoms. The van der Waals surface area contributed by atoms with Crippen LogP contribution in [0.1, 0.15) is 43.2 Å². The van der Waals surface area contributed by atoms with Crippen LogP contribution in [-0.2, 0) is 14.3 Å². The molecule has 2 amide bonds. The van der Waals surface area contributed by atoms with Gasteiger partial charge in [-0.3, -0.25) is 0 Å². The van der Waals surface area contributed by atoms with Crippen molar-refractivity contribution >= 4 is 18.2 Å². The summed E-state index contributed by atoms with van der Waals surface area (Å²) >= 11 is 0. The second-order valence-electron chi connectivity index (χ2n) is 8.36. The fraction of sp³-hybridized carbons (Fsp3) is 0.346. The van der Waals surface area contributed by atoms with Crippen LogP contribution in [0.4, 0.5) is 9.59 Å². The molecule has 0 spiro atoms. The van der Waals surface area contributed by atoms with Crippen molar-refractivity contribution in [3.05, 3.63) is 72.3 Å². The standard InChI is InChI=1S/C26H30N2O6/c1-3-16-33-24(31)27-15-9-8-14-26(2,23(29)30)28-25(32)34-17-22-20-12-6-4-10-18(20)19-11-5-7-13-21(19)22/h3-7,10-13,22H,1,8-9,14-17H2,2H3,(H,27,31)(H,28,32)(H,29,30)/t26-/m0/s1. The topological polar surface area (TPSA) is 114 Å². The van der Waals surface area contributed by atoms with Gasteiger partial charge in [0.1, 0.15) is 18.8 Å². The van der Waals surface area contributed by atoms with E-state index in [2.05, 4.69) is 17.2 Å². The minimum atomic E-state index is -1.49. The number of hydrogen-bond donors (Lipinski definition) is 3. The summed E-state index contributed by atoms with van der Waals surface area (Å²) in [5, 5.41) is 14.8. The third kappa shape index (κ3) is 5.95. The molecular weight excluding hydrogens is 436 g/mol. The molecule has 0 radical (unpaired) electrons. The number of carbonyl (C=O) groups is 3. The van der Waals surface area contributed by atoms with Crippen LogP contribution in [0.5, 0.6) is 0 Å². The molecule has 180 valence electrons. The number of carboxylic acid groups (broad SMARTS) is 1. The van der Waals surface area contributed by atoms with Crippen LogP contribution in [0.2, 0.25) is 0 Å². The van der Waals surface area contributed by atoms with E-state index in [0.29, 0.717) is 19.4 Å². The second kappa shape index (κ2) is 11.4. The maximum absolute atomic E-state index is 12.5. The molecule has 2 aromatic rings. The SMILES string of the molecule is C=CCOC(=O)NCCCC[C@](C)(NC(=O)OCC1c2ccccc2-c2ccccc21)C(=O)O. The molecule has 3 N–H and O–H groups in total. The number of aliphatic carboxylic acids is 1. The van der Waals surface area contributed by atoms with Gasteiger partial charge in [0.2, 0.25) is 0 Å². The Hall–Kier alpha value is -3.81. The lowest BCUT2D eigenvalue weighted by molar-refractivity contribution is -0.144. The van der Waals surface area contributed by atoms with E-state index in [4.69, 9.17) is 9.47 Å². The first-order chi connectivity index (χ1) is 16.4. The summed E-state index contributed by atoms with van der Waals surface area (Å²) in [5.74, 6) is -1.26. The Kier molecular flexibility index (Phi) is 8.29. The van der Waals surface area contributed by atoms with Gasteiger partial charge in [-0.2, -0.15) is 0 Å². The summed E-state index contributed by atoms with van der Waals surface area (Å²) in [6.07, 6.45) is 1.30. The van der Waals surface area contributed by atoms with E-state index >= 15 is 0 Å². The molecule has 8 nitrogen and oxygen atoms in total. The number of alkyl carbamates (subject to hydrolysis) is 2. The van der Waals surface area contributed by atoms with E-state index < -0.39 is 23.7 Å². The lowest BCUT2D eigenvalue weighted by atomic mass is 9.95. The first kappa shape index (κ1) is 24.8. The predicted octanol–water partition coefficient (Wildman–Crippen LogP) is 4.45. The molecule has 3 rings (SSSR count). The Balaban J connectivity index is 1.52. The molecule has 0 unspecified atom stereocenters. The summed E-state index contributed by atoms with van der Waals surface area (Å²) in [4.78, 5) is 35.8. The van der Waals surface area contributed by atoms with Crippen LogP contribution in [0.15, 0.2) is 61.2 Å². The van der Waals surface area contributed by atoms with Crippen LogP contribution in [-0.4, -0.2) is 48.6 Å². The Labute approximate surface area is 199 Å². The zero-order valence-electron chi connectivity index (χ0n) is 19.2. The molecule has 0 aromatic heterocycles. The van der Waals surface area contributed by atoms with Crippen LogP contribution in [0, 0.1) is 0 Å². The van der Waals surface area contributed by atoms with Gasteiger partial charge in [0.25, 0.3) is 0 Å². The predicted molar refractivity (Wildman–Crippen MR) is 128 cm³/mol. The van der Waals surface area contributed by atoms with Crippen molar-refractivity contribution in [2.75, 3.05) is 19.8 Å². The highest BCUT2D eigenvalue weighted by atomic mass is 16.6. The minimum Gasteiger partial charge on any atom is -0.480 e. The summed E-state index contributed by atoms with van der Waals surface area (Å²) in [5.41, 5.74) is 2.90. The van der Waals surface area contributed by atoms with Gasteiger partial charge >= 0.3 is 18.2 Å². The molecule has 2 aromatic carbocycles. The molecule has 0 fully saturated rings. The highest BCUT2D eigenvalue weighted by molar-refractivity contribution is 5.84. The Morgan fingerprint density at radius 3 is 2.21 bits per heavy atom. The van der Waals surface area contributed by atoms with Crippen molar-refractivity contribution in [3.8, 4) is 11.1 Å². The van der Waals surface area contributed by atoms with E-state index in [1.807, 2.05) is 48.5 Å². The molecule has 1 aliphatic carbocycles. The van der Waals surface area contributed by atoms with Crippen LogP contribution in [0.3, 0.4) is 0 Å². The number of rotatable bonds is 11. The quantitative estimate of drug-likeness (QED) is 0.333. The Morgan fingerprint density at radius 2 is 1.62 bits per heavy atom. The normalized spacial score (nSPS) is 13.7. The lowest BCUT2D eigenvalue weighted by Gasteiger charge is -2.26. The number of hydrogen-bond acceptors (Lipinski definition) is 5. The van der Waals surface area contributed by atoms with E-state index in [1.165, 1.54) is 13.0 Å². The summed E-state index contributed by atoms with van der Waals surface area (Å²) in [7, 11) is 0. The first-order valence-corrected chi connectivity index (χ1v) is 11.2. The Morgan fingerprint density at radius 1 is 1.00 bits per heavy atom. The molecule has 34 heavy (non-hydrogen) atoms. The number of amides is 2. The lowest BCUT2D eigenvalue weighted by Crippen LogP contribution is -2.52. The van der Waals surface area contributed by atoms with Crippen molar-refractivity contribution in [1.82, 2.24) is 10.6 Å². The number of benzene rings is 2. The number of carboxylic acids is 1. The average molecular weight is 467 g/mol. The molecule has 1 atom stereocenters. The fourth-order valence-corrected chi connectivity index (χ4v) is 4.06. The summed E-state index contributed by atoms with van der Waals surface area (Å²) < 4.78 is 10.3. The van der Waals surface area contributed by atoms with Gasteiger partial charge in [0.15, 0.2) is 0 Å². The fourth-order valence-electron chi connectivity index (χ4n) is 4.06. The van der Waals surface area contributed by atoms with E-state index in [9.17, 15) is 19.5 Å². The van der Waals surface area contributed by atoms with Gasteiger partial charge in [-0.15, -0.1) is 0 Å². The smallest absolute Gasteiger partial charge is 0.408 e. The van der Waals surface area contributed by atoms with E-state index in [1.54, 1.807) is 0 Å². The summed E-state index contributed by atoms with van der Waals surface area (Å²) in [6.45, 7) is 5.46. The number of carbonyl (C=O) groups excluding carboxylic acids is 2. The van der Waals surface area contributed by atoms with Crippen molar-refractivity contribution in [2.24, 2.45) is 0 Å². The highest BCUT2D eigenvalue weighted by Crippen LogP contribution is 2.44. The van der Waals surface area contributed by atoms with Crippen molar-refractivity contribution in [1.29, 1.82) is 0 Å². The van der Waals surface area contributed by atoms with Crippen molar-refractivity contribution < 1.29 is 29.0 Å². The van der Waals surface area contributed by atoms with Crippen molar-refractivity contribution in [2.45, 2.75) is 37.6 Å². The molecule has 0 saturated heterocycles. The molecule has 1 aliphatic rings. The molecule has 0 heterocycles. The van der Waals surface area contributed by atoms with E-state index in [-0.39, 0.29) is 25.6 Å². The van der Waals surface area contributed by atoms with Crippen molar-refractivity contribution in [3.63, 3.8) is 0 Å². The largest absolute Gasteiger partial charge is 0.480 e. The van der Waals surface area contributed by atoms with Crippen LogP contribution >= 0.6 is 0 Å². The van der Waals surface area contributed by atoms with Gasteiger partial charge in [0, 0.05) is 12.5 Å². The Bertz CT molecular complexity index is 1010. The molecule has 0 aliphatic heterocycles. The third-order valence-electron chi connectivity index (χ3n) is 5.90. The first-order valence-electron chi connectivity index (χ1n) is 11.2. The zero-order valence-corrected chi connectivity index (χ0v) is 19.2. The second-order valence-corrected chi connectivity index (χ2v) is 8.36. The zero-order chi connectivity index (χ0) is 24.6. The van der Waals surface area contributed by atoms with Gasteiger partial charge in [0.05, 0.1) is 0 Å². The molecular formula is C26H30N2O6. The minimum absolute atomic E-state index is 0.103. The monoisotopic (exact) mass is 466 g/mol. The maximum atomic E-state index is 12.5. The number of ether oxygens (including phenoxy) is 2. The van der Waals surface area contributed by atoms with E-state index in [0.717, 1.165) is 22.3 Å². The highest BCUT2D eigenvalue weighted by Gasteiger charge is 2.36. The average Bonchev–Trinajstić information content (AvgIpc) is 3.15. The number of nitrogens with one attached hydrogen (secondary N) is 2. The van der Waals surface area contributed by atoms with Crippen LogP contribution < -0.4 is 10.6 Å².